The smallest absolute Gasteiger partial charge is 0.221 e. The van der Waals surface area contributed by atoms with Gasteiger partial charge in [-0.2, -0.15) is 9.40 Å². The lowest BCUT2D eigenvalue weighted by Gasteiger charge is -2.37. The van der Waals surface area contributed by atoms with Crippen LogP contribution >= 0.6 is 0 Å². The van der Waals surface area contributed by atoms with Crippen molar-refractivity contribution in [1.29, 1.82) is 0 Å². The average molecular weight is 440 g/mol. The lowest BCUT2D eigenvalue weighted by Crippen LogP contribution is -2.44. The maximum Gasteiger partial charge on any atom is 0.221 e. The van der Waals surface area contributed by atoms with Gasteiger partial charge in [-0.25, -0.2) is 8.42 Å². The molecule has 1 fully saturated rings. The molecule has 1 aliphatic heterocycles. The molecule has 1 aromatic heterocycles. The summed E-state index contributed by atoms with van der Waals surface area (Å²) in [6.07, 6.45) is 5.12. The summed E-state index contributed by atoms with van der Waals surface area (Å²) in [5.74, 6) is 0.747. The van der Waals surface area contributed by atoms with Gasteiger partial charge in [0.1, 0.15) is 17.1 Å². The average Bonchev–Trinajstić information content (AvgIpc) is 3.19. The second kappa shape index (κ2) is 8.85. The van der Waals surface area contributed by atoms with Crippen molar-refractivity contribution in [3.8, 4) is 5.75 Å². The fourth-order valence-corrected chi connectivity index (χ4v) is 6.33. The fraction of sp³-hybridized carbons (Fsp3) is 0.375. The quantitative estimate of drug-likeness (QED) is 0.562. The van der Waals surface area contributed by atoms with E-state index in [2.05, 4.69) is 5.10 Å². The number of ether oxygens (including phenoxy) is 1. The topological polar surface area (TPSA) is 64.4 Å². The van der Waals surface area contributed by atoms with Crippen LogP contribution in [0.2, 0.25) is 0 Å². The summed E-state index contributed by atoms with van der Waals surface area (Å²) in [6.45, 7) is 4.34. The first-order valence-electron chi connectivity index (χ1n) is 10.6. The molecule has 3 aromatic rings. The highest BCUT2D eigenvalue weighted by Gasteiger charge is 2.40. The summed E-state index contributed by atoms with van der Waals surface area (Å²) in [5, 5.41) is 3.70. The Bertz CT molecular complexity index is 1110. The van der Waals surface area contributed by atoms with Crippen LogP contribution in [0.25, 0.3) is 0 Å². The van der Waals surface area contributed by atoms with Gasteiger partial charge in [-0.1, -0.05) is 42.5 Å². The fourth-order valence-electron chi connectivity index (χ4n) is 4.13. The molecule has 0 radical (unpaired) electrons. The van der Waals surface area contributed by atoms with E-state index in [4.69, 9.17) is 4.74 Å². The molecular formula is C24H29N3O3S. The van der Waals surface area contributed by atoms with Crippen LogP contribution in [0.5, 0.6) is 5.75 Å². The third kappa shape index (κ3) is 4.67. The Labute approximate surface area is 184 Å². The van der Waals surface area contributed by atoms with Gasteiger partial charge in [0, 0.05) is 31.4 Å². The summed E-state index contributed by atoms with van der Waals surface area (Å²) in [4.78, 5) is 0. The molecule has 3 atom stereocenters. The van der Waals surface area contributed by atoms with Crippen molar-refractivity contribution in [1.82, 2.24) is 14.1 Å². The molecule has 4 rings (SSSR count). The van der Waals surface area contributed by atoms with Crippen LogP contribution in [-0.4, -0.2) is 28.5 Å². The molecule has 31 heavy (non-hydrogen) atoms. The molecule has 0 spiro atoms. The first-order valence-corrected chi connectivity index (χ1v) is 12.1. The standard InChI is InChI=1S/C24H29N3O3S/c1-18-9-14-24(21-7-5-4-6-8-21)31(28,29)27(18)16-20-10-12-23(13-11-20)30-19(2)22-15-25-26(3)17-22/h4-8,10-13,15,17-19,24H,9,14,16H2,1-3H3/t18-,19?,24?/m0/s1. The SMILES string of the molecule is CC(Oc1ccc(CN2[C@@H](C)CCC(c3ccccc3)S2(=O)=O)cc1)c1cnn(C)c1. The van der Waals surface area contributed by atoms with E-state index in [1.54, 1.807) is 15.2 Å². The third-order valence-corrected chi connectivity index (χ3v) is 8.33. The van der Waals surface area contributed by atoms with Crippen LogP contribution in [-0.2, 0) is 23.6 Å². The number of aryl methyl sites for hydroxylation is 1. The number of rotatable bonds is 6. The Morgan fingerprint density at radius 3 is 2.45 bits per heavy atom. The van der Waals surface area contributed by atoms with Crippen molar-refractivity contribution in [2.45, 2.75) is 50.6 Å². The summed E-state index contributed by atoms with van der Waals surface area (Å²) < 4.78 is 36.2. The van der Waals surface area contributed by atoms with Crippen LogP contribution < -0.4 is 4.74 Å². The highest BCUT2D eigenvalue weighted by atomic mass is 32.2. The van der Waals surface area contributed by atoms with Crippen molar-refractivity contribution in [2.75, 3.05) is 0 Å². The molecule has 2 aromatic carbocycles. The van der Waals surface area contributed by atoms with E-state index in [0.717, 1.165) is 28.9 Å². The Kier molecular flexibility index (Phi) is 6.16. The Balaban J connectivity index is 1.47. The number of nitrogens with zero attached hydrogens (tertiary/aromatic N) is 3. The molecule has 164 valence electrons. The van der Waals surface area contributed by atoms with Gasteiger partial charge in [0.05, 0.1) is 6.20 Å². The predicted octanol–water partition coefficient (Wildman–Crippen LogP) is 4.62. The van der Waals surface area contributed by atoms with Gasteiger partial charge in [-0.3, -0.25) is 4.68 Å². The van der Waals surface area contributed by atoms with Gasteiger partial charge in [-0.05, 0) is 49.9 Å². The third-order valence-electron chi connectivity index (χ3n) is 5.96. The second-order valence-corrected chi connectivity index (χ2v) is 10.3. The highest BCUT2D eigenvalue weighted by Crippen LogP contribution is 2.38. The highest BCUT2D eigenvalue weighted by molar-refractivity contribution is 7.89. The van der Waals surface area contributed by atoms with E-state index in [-0.39, 0.29) is 12.1 Å². The first kappa shape index (κ1) is 21.6. The summed E-state index contributed by atoms with van der Waals surface area (Å²) in [7, 11) is -1.56. The van der Waals surface area contributed by atoms with E-state index < -0.39 is 15.3 Å². The van der Waals surface area contributed by atoms with Crippen LogP contribution in [0.4, 0.5) is 0 Å². The lowest BCUT2D eigenvalue weighted by atomic mass is 10.0. The Morgan fingerprint density at radius 1 is 1.10 bits per heavy atom. The molecule has 7 heteroatoms. The van der Waals surface area contributed by atoms with Gasteiger partial charge in [0.25, 0.3) is 0 Å². The number of sulfonamides is 1. The monoisotopic (exact) mass is 439 g/mol. The van der Waals surface area contributed by atoms with Crippen molar-refractivity contribution < 1.29 is 13.2 Å². The van der Waals surface area contributed by atoms with Crippen molar-refractivity contribution in [3.63, 3.8) is 0 Å². The zero-order valence-electron chi connectivity index (χ0n) is 18.2. The van der Waals surface area contributed by atoms with Crippen molar-refractivity contribution in [2.24, 2.45) is 7.05 Å². The molecule has 1 saturated heterocycles. The summed E-state index contributed by atoms with van der Waals surface area (Å²) >= 11 is 0. The van der Waals surface area contributed by atoms with Crippen LogP contribution in [0.15, 0.2) is 67.0 Å². The van der Waals surface area contributed by atoms with Crippen LogP contribution in [0.1, 0.15) is 54.7 Å². The maximum absolute atomic E-state index is 13.4. The molecule has 0 amide bonds. The Hall–Kier alpha value is -2.64. The van der Waals surface area contributed by atoms with Gasteiger partial charge >= 0.3 is 0 Å². The molecule has 6 nitrogen and oxygen atoms in total. The van der Waals surface area contributed by atoms with E-state index >= 15 is 0 Å². The van der Waals surface area contributed by atoms with E-state index in [0.29, 0.717) is 13.0 Å². The molecular weight excluding hydrogens is 410 g/mol. The molecule has 0 N–H and O–H groups in total. The van der Waals surface area contributed by atoms with Crippen LogP contribution in [0, 0.1) is 0 Å². The molecule has 2 heterocycles. The number of benzene rings is 2. The van der Waals surface area contributed by atoms with Crippen LogP contribution in [0.3, 0.4) is 0 Å². The summed E-state index contributed by atoms with van der Waals surface area (Å²) in [6, 6.07) is 17.2. The van der Waals surface area contributed by atoms with Gasteiger partial charge in [-0.15, -0.1) is 0 Å². The normalized spacial score (nSPS) is 22.2. The molecule has 2 unspecified atom stereocenters. The van der Waals surface area contributed by atoms with Gasteiger partial charge < -0.3 is 4.74 Å². The lowest BCUT2D eigenvalue weighted by molar-refractivity contribution is 0.226. The zero-order chi connectivity index (χ0) is 22.0. The van der Waals surface area contributed by atoms with Crippen molar-refractivity contribution >= 4 is 10.0 Å². The van der Waals surface area contributed by atoms with E-state index in [9.17, 15) is 8.42 Å². The Morgan fingerprint density at radius 2 is 1.81 bits per heavy atom. The minimum atomic E-state index is -3.43. The minimum Gasteiger partial charge on any atom is -0.486 e. The molecule has 1 aliphatic rings. The first-order chi connectivity index (χ1) is 14.8. The van der Waals surface area contributed by atoms with Gasteiger partial charge in [0.2, 0.25) is 10.0 Å². The summed E-state index contributed by atoms with van der Waals surface area (Å²) in [5.41, 5.74) is 2.82. The van der Waals surface area contributed by atoms with Gasteiger partial charge in [0.15, 0.2) is 0 Å². The van der Waals surface area contributed by atoms with E-state index in [1.807, 2.05) is 81.7 Å². The maximum atomic E-state index is 13.4. The minimum absolute atomic E-state index is 0.0218. The second-order valence-electron chi connectivity index (χ2n) is 8.27. The van der Waals surface area contributed by atoms with E-state index in [1.165, 1.54) is 0 Å². The van der Waals surface area contributed by atoms with Crippen molar-refractivity contribution in [3.05, 3.63) is 83.7 Å². The molecule has 0 saturated carbocycles. The molecule has 0 aliphatic carbocycles. The largest absolute Gasteiger partial charge is 0.486 e. The number of aromatic nitrogens is 2. The number of hydrogen-bond acceptors (Lipinski definition) is 4. The number of hydrogen-bond donors (Lipinski definition) is 0. The molecule has 0 bridgehead atoms. The zero-order valence-corrected chi connectivity index (χ0v) is 19.0. The predicted molar refractivity (Wildman–Crippen MR) is 121 cm³/mol.